The van der Waals surface area contributed by atoms with Crippen molar-refractivity contribution >= 4 is 55.8 Å². The molecule has 4 heterocycles. The van der Waals surface area contributed by atoms with Crippen molar-refractivity contribution < 1.29 is 22.7 Å². The predicted octanol–water partition coefficient (Wildman–Crippen LogP) is 3.30. The molecule has 0 fully saturated rings. The maximum atomic E-state index is 13.7. The second-order valence-corrected chi connectivity index (χ2v) is 13.0. The van der Waals surface area contributed by atoms with Crippen LogP contribution in [0, 0.1) is 0 Å². The zero-order valence-corrected chi connectivity index (χ0v) is 25.8. The van der Waals surface area contributed by atoms with Crippen molar-refractivity contribution in [3.05, 3.63) is 87.0 Å². The van der Waals surface area contributed by atoms with Crippen LogP contribution in [0.4, 0.5) is 0 Å². The number of carbonyl (C=O) groups excluding carboxylic acids is 1. The molecule has 0 radical (unpaired) electrons. The number of aromatic amines is 1. The Labute approximate surface area is 259 Å². The number of primary sulfonamides is 1. The summed E-state index contributed by atoms with van der Waals surface area (Å²) in [5, 5.41) is 18.0. The molecule has 0 saturated heterocycles. The molecule has 0 bridgehead atoms. The number of amides is 1. The molecule has 1 atom stereocenters. The molecule has 1 aliphatic rings. The molecule has 3 N–H and O–H groups in total. The minimum Gasteiger partial charge on any atom is -0.493 e. The van der Waals surface area contributed by atoms with E-state index in [4.69, 9.17) is 19.7 Å². The van der Waals surface area contributed by atoms with Gasteiger partial charge in [-0.05, 0) is 41.8 Å². The number of nitrogens with one attached hydrogen (secondary N) is 1. The molecule has 13 nitrogen and oxygen atoms in total. The number of fused-ring (bicyclic) bond motifs is 1. The SMILES string of the molecule is COc1cccc([C@@H]2CC(c3cccs3)=NN2C(=O)CSc2nc3c(cnn3-c3ccc(S(N)(=O)=O)cc3)c(=O)[nH]2)c1OC. The molecule has 0 saturated carbocycles. The van der Waals surface area contributed by atoms with Gasteiger partial charge in [-0.15, -0.1) is 11.3 Å². The Bertz CT molecular complexity index is 2060. The van der Waals surface area contributed by atoms with Gasteiger partial charge in [0, 0.05) is 12.0 Å². The Morgan fingerprint density at radius 1 is 1.14 bits per heavy atom. The summed E-state index contributed by atoms with van der Waals surface area (Å²) in [5.41, 5.74) is 1.81. The molecule has 3 aromatic heterocycles. The quantitative estimate of drug-likeness (QED) is 0.179. The fourth-order valence-electron chi connectivity index (χ4n) is 4.88. The average molecular weight is 652 g/mol. The van der Waals surface area contributed by atoms with Crippen LogP contribution in [0.15, 0.2) is 86.1 Å². The summed E-state index contributed by atoms with van der Waals surface area (Å²) in [6.07, 6.45) is 1.84. The Hall–Kier alpha value is -4.51. The van der Waals surface area contributed by atoms with E-state index in [1.54, 1.807) is 31.6 Å². The number of methoxy groups -OCH3 is 2. The average Bonchev–Trinajstić information content (AvgIpc) is 3.79. The number of aromatic nitrogens is 4. The molecule has 6 rings (SSSR count). The number of nitrogens with two attached hydrogens (primary N) is 1. The van der Waals surface area contributed by atoms with E-state index in [-0.39, 0.29) is 32.7 Å². The maximum Gasteiger partial charge on any atom is 0.262 e. The molecule has 44 heavy (non-hydrogen) atoms. The molecule has 0 aliphatic carbocycles. The molecule has 0 unspecified atom stereocenters. The highest BCUT2D eigenvalue weighted by Crippen LogP contribution is 2.42. The first-order chi connectivity index (χ1) is 21.2. The van der Waals surface area contributed by atoms with Gasteiger partial charge < -0.3 is 14.5 Å². The molecule has 226 valence electrons. The van der Waals surface area contributed by atoms with Crippen molar-refractivity contribution in [2.24, 2.45) is 10.2 Å². The Balaban J connectivity index is 1.29. The number of carbonyl (C=O) groups is 1. The van der Waals surface area contributed by atoms with Crippen LogP contribution < -0.4 is 20.2 Å². The molecule has 2 aromatic carbocycles. The van der Waals surface area contributed by atoms with Crippen LogP contribution in [0.2, 0.25) is 0 Å². The first-order valence-corrected chi connectivity index (χ1v) is 16.5. The van der Waals surface area contributed by atoms with E-state index in [1.807, 2.05) is 29.6 Å². The standard InChI is InChI=1S/C28H25N7O6S3/c1-40-22-6-3-5-18(25(22)41-2)21-13-20(23-7-4-12-42-23)33-35(21)24(36)15-43-28-31-26-19(27(37)32-28)14-30-34(26)16-8-10-17(11-9-16)44(29,38)39/h3-12,14,21H,13,15H2,1-2H3,(H2,29,38,39)(H,31,32,37)/t21-/m0/s1. The lowest BCUT2D eigenvalue weighted by Crippen LogP contribution is -2.29. The van der Waals surface area contributed by atoms with Gasteiger partial charge in [-0.2, -0.15) is 10.2 Å². The zero-order chi connectivity index (χ0) is 31.0. The van der Waals surface area contributed by atoms with Gasteiger partial charge >= 0.3 is 0 Å². The van der Waals surface area contributed by atoms with Gasteiger partial charge in [0.05, 0.1) is 53.4 Å². The summed E-state index contributed by atoms with van der Waals surface area (Å²) in [7, 11) is -0.767. The Kier molecular flexibility index (Phi) is 7.98. The van der Waals surface area contributed by atoms with Crippen LogP contribution in [-0.4, -0.2) is 64.8 Å². The lowest BCUT2D eigenvalue weighted by molar-refractivity contribution is -0.130. The van der Waals surface area contributed by atoms with E-state index < -0.39 is 21.6 Å². The third-order valence-corrected chi connectivity index (χ3v) is 9.63. The number of rotatable bonds is 9. The van der Waals surface area contributed by atoms with Crippen LogP contribution in [0.5, 0.6) is 11.5 Å². The van der Waals surface area contributed by atoms with Gasteiger partial charge in [-0.3, -0.25) is 9.59 Å². The summed E-state index contributed by atoms with van der Waals surface area (Å²) < 4.78 is 35.8. The Morgan fingerprint density at radius 3 is 2.61 bits per heavy atom. The van der Waals surface area contributed by atoms with Crippen LogP contribution in [0.3, 0.4) is 0 Å². The highest BCUT2D eigenvalue weighted by atomic mass is 32.2. The molecule has 16 heteroatoms. The van der Waals surface area contributed by atoms with E-state index in [2.05, 4.69) is 15.1 Å². The highest BCUT2D eigenvalue weighted by Gasteiger charge is 2.36. The number of H-pyrrole nitrogens is 1. The van der Waals surface area contributed by atoms with E-state index in [0.29, 0.717) is 23.6 Å². The van der Waals surface area contributed by atoms with E-state index >= 15 is 0 Å². The number of hydrogen-bond donors (Lipinski definition) is 2. The number of hydrazone groups is 1. The monoisotopic (exact) mass is 651 g/mol. The summed E-state index contributed by atoms with van der Waals surface area (Å²) in [6, 6.07) is 14.7. The fraction of sp³-hybridized carbons (Fsp3) is 0.179. The van der Waals surface area contributed by atoms with Crippen molar-refractivity contribution in [1.29, 1.82) is 0 Å². The van der Waals surface area contributed by atoms with Gasteiger partial charge in [0.25, 0.3) is 11.5 Å². The topological polar surface area (TPSA) is 175 Å². The number of para-hydroxylation sites is 1. The van der Waals surface area contributed by atoms with E-state index in [9.17, 15) is 18.0 Å². The number of thiophene rings is 1. The van der Waals surface area contributed by atoms with Crippen molar-refractivity contribution in [1.82, 2.24) is 24.8 Å². The van der Waals surface area contributed by atoms with Gasteiger partial charge in [0.2, 0.25) is 10.0 Å². The summed E-state index contributed by atoms with van der Waals surface area (Å²) >= 11 is 2.59. The second kappa shape index (κ2) is 11.9. The number of ether oxygens (including phenoxy) is 2. The van der Waals surface area contributed by atoms with Crippen molar-refractivity contribution in [3.63, 3.8) is 0 Å². The summed E-state index contributed by atoms with van der Waals surface area (Å²) in [5.74, 6) is 0.693. The first kappa shape index (κ1) is 29.6. The number of hydrogen-bond acceptors (Lipinski definition) is 11. The van der Waals surface area contributed by atoms with E-state index in [0.717, 1.165) is 27.9 Å². The summed E-state index contributed by atoms with van der Waals surface area (Å²) in [4.78, 5) is 34.7. The van der Waals surface area contributed by atoms with Crippen molar-refractivity contribution in [3.8, 4) is 17.2 Å². The van der Waals surface area contributed by atoms with Gasteiger partial charge in [0.15, 0.2) is 22.3 Å². The highest BCUT2D eigenvalue weighted by molar-refractivity contribution is 7.99. The molecule has 1 aliphatic heterocycles. The van der Waals surface area contributed by atoms with Crippen LogP contribution in [-0.2, 0) is 14.8 Å². The van der Waals surface area contributed by atoms with Crippen LogP contribution in [0.1, 0.15) is 22.9 Å². The third kappa shape index (κ3) is 5.59. The number of thioether (sulfide) groups is 1. The molecule has 5 aromatic rings. The normalized spacial score (nSPS) is 15.0. The Morgan fingerprint density at radius 2 is 1.93 bits per heavy atom. The lowest BCUT2D eigenvalue weighted by Gasteiger charge is -2.24. The number of nitrogens with zero attached hydrogens (tertiary/aromatic N) is 5. The maximum absolute atomic E-state index is 13.7. The first-order valence-electron chi connectivity index (χ1n) is 13.1. The predicted molar refractivity (Wildman–Crippen MR) is 166 cm³/mol. The zero-order valence-electron chi connectivity index (χ0n) is 23.3. The molecular formula is C28H25N7O6S3. The van der Waals surface area contributed by atoms with Crippen LogP contribution >= 0.6 is 23.1 Å². The second-order valence-electron chi connectivity index (χ2n) is 9.56. The fourth-order valence-corrected chi connectivity index (χ4v) is 6.82. The van der Waals surface area contributed by atoms with Gasteiger partial charge in [-0.1, -0.05) is 30.0 Å². The molecule has 1 amide bonds. The van der Waals surface area contributed by atoms with Crippen molar-refractivity contribution in [2.45, 2.75) is 22.5 Å². The number of benzene rings is 2. The smallest absolute Gasteiger partial charge is 0.262 e. The van der Waals surface area contributed by atoms with Gasteiger partial charge in [-0.25, -0.2) is 28.2 Å². The third-order valence-electron chi connectivity index (χ3n) is 6.92. The van der Waals surface area contributed by atoms with Crippen molar-refractivity contribution in [2.75, 3.05) is 20.0 Å². The number of sulfonamides is 1. The molecular weight excluding hydrogens is 627 g/mol. The van der Waals surface area contributed by atoms with E-state index in [1.165, 1.54) is 40.2 Å². The summed E-state index contributed by atoms with van der Waals surface area (Å²) in [6.45, 7) is 0. The minimum absolute atomic E-state index is 0.0602. The van der Waals surface area contributed by atoms with Crippen LogP contribution in [0.25, 0.3) is 16.7 Å². The minimum atomic E-state index is -3.87. The largest absolute Gasteiger partial charge is 0.493 e. The molecule has 0 spiro atoms. The van der Waals surface area contributed by atoms with Gasteiger partial charge in [0.1, 0.15) is 5.39 Å². The lowest BCUT2D eigenvalue weighted by atomic mass is 9.99.